The number of nitrogens with one attached hydrogen (secondary N) is 2. The number of aromatic nitrogens is 1. The molecular weight excluding hydrogens is 466 g/mol. The number of nitrogens with zero attached hydrogens (tertiary/aromatic N) is 3. The number of rotatable bonds is 4. The van der Waals surface area contributed by atoms with Crippen LogP contribution in [0.3, 0.4) is 0 Å². The molecule has 0 saturated carbocycles. The minimum Gasteiger partial charge on any atom is -0.628 e. The molecule has 0 spiro atoms. The van der Waals surface area contributed by atoms with Crippen molar-refractivity contribution in [2.24, 2.45) is 0 Å². The fourth-order valence-electron chi connectivity index (χ4n) is 6.33. The molecule has 2 atom stereocenters. The van der Waals surface area contributed by atoms with E-state index in [-0.39, 0.29) is 17.1 Å². The van der Waals surface area contributed by atoms with Crippen LogP contribution in [0.2, 0.25) is 0 Å². The first kappa shape index (κ1) is 24.4. The van der Waals surface area contributed by atoms with Crippen LogP contribution in [0.25, 0.3) is 11.8 Å². The molecule has 0 aliphatic carbocycles. The van der Waals surface area contributed by atoms with Crippen LogP contribution in [-0.4, -0.2) is 61.3 Å². The standard InChI is InChI=1S/C29H37N5O3/c1-21-6-2-3-7-25(21)26-18-22-8-9-28(34(24-12-17-37-20-24)27(22)19-33(26)36)30-23-10-15-32(16-11-23)29(35)31-13-4-5-14-31/h2-3,6-9,18,23-24,33H,4-5,10-17,19-20H2,1H3/p+1. The first-order valence-electron chi connectivity index (χ1n) is 13.8. The molecule has 37 heavy (non-hydrogen) atoms. The van der Waals surface area contributed by atoms with Crippen molar-refractivity contribution in [1.82, 2.24) is 9.80 Å². The van der Waals surface area contributed by atoms with Gasteiger partial charge >= 0.3 is 6.03 Å². The number of urea groups is 1. The average molecular weight is 505 g/mol. The Balaban J connectivity index is 1.24. The van der Waals surface area contributed by atoms with E-state index in [9.17, 15) is 10.0 Å². The van der Waals surface area contributed by atoms with Gasteiger partial charge in [0, 0.05) is 68.7 Å². The summed E-state index contributed by atoms with van der Waals surface area (Å²) in [5.41, 5.74) is 5.13. The summed E-state index contributed by atoms with van der Waals surface area (Å²) in [4.78, 5) is 16.8. The molecule has 196 valence electrons. The summed E-state index contributed by atoms with van der Waals surface area (Å²) in [6.07, 6.45) is 7.11. The number of benzene rings is 1. The van der Waals surface area contributed by atoms with Crippen LogP contribution in [0, 0.1) is 12.1 Å². The van der Waals surface area contributed by atoms with E-state index in [1.165, 1.54) is 0 Å². The number of fused-ring (bicyclic) bond motifs is 1. The third-order valence-corrected chi connectivity index (χ3v) is 8.43. The number of carbonyl (C=O) groups excluding carboxylic acids is 1. The van der Waals surface area contributed by atoms with Gasteiger partial charge in [-0.3, -0.25) is 5.32 Å². The Hall–Kier alpha value is -2.94. The van der Waals surface area contributed by atoms with Crippen molar-refractivity contribution in [3.63, 3.8) is 0 Å². The van der Waals surface area contributed by atoms with Crippen molar-refractivity contribution in [3.8, 4) is 0 Å². The minimum absolute atomic E-state index is 0.167. The highest BCUT2D eigenvalue weighted by Gasteiger charge is 2.35. The molecule has 2 N–H and O–H groups in total. The number of hydroxylamine groups is 2. The predicted molar refractivity (Wildman–Crippen MR) is 143 cm³/mol. The molecule has 8 heteroatoms. The molecule has 2 aromatic rings. The third-order valence-electron chi connectivity index (χ3n) is 8.43. The number of pyridine rings is 1. The van der Waals surface area contributed by atoms with Gasteiger partial charge in [0.1, 0.15) is 18.3 Å². The van der Waals surface area contributed by atoms with Crippen LogP contribution in [0.15, 0.2) is 36.4 Å². The molecular formula is C29H38N5O3+. The van der Waals surface area contributed by atoms with E-state index < -0.39 is 0 Å². The molecule has 1 aromatic heterocycles. The molecule has 0 radical (unpaired) electrons. The van der Waals surface area contributed by atoms with E-state index in [2.05, 4.69) is 41.1 Å². The normalized spacial score (nSPS) is 24.2. The molecule has 2 amide bonds. The quantitative estimate of drug-likeness (QED) is 0.496. The Morgan fingerprint density at radius 3 is 2.54 bits per heavy atom. The molecule has 3 fully saturated rings. The van der Waals surface area contributed by atoms with Crippen molar-refractivity contribution in [1.29, 1.82) is 0 Å². The Morgan fingerprint density at radius 1 is 1.05 bits per heavy atom. The summed E-state index contributed by atoms with van der Waals surface area (Å²) in [6, 6.07) is 13.2. The molecule has 3 saturated heterocycles. The van der Waals surface area contributed by atoms with E-state index in [4.69, 9.17) is 4.74 Å². The number of aryl methyl sites for hydroxylation is 1. The summed E-state index contributed by atoms with van der Waals surface area (Å²) in [5, 5.41) is 17.4. The van der Waals surface area contributed by atoms with Gasteiger partial charge in [-0.05, 0) is 37.5 Å². The van der Waals surface area contributed by atoms with Gasteiger partial charge in [-0.15, -0.1) is 0 Å². The molecule has 6 rings (SSSR count). The van der Waals surface area contributed by atoms with Crippen LogP contribution < -0.4 is 14.9 Å². The van der Waals surface area contributed by atoms with Gasteiger partial charge in [0.05, 0.1) is 19.3 Å². The number of ether oxygens (including phenoxy) is 1. The van der Waals surface area contributed by atoms with Crippen LogP contribution in [0.1, 0.15) is 60.5 Å². The number of anilines is 1. The van der Waals surface area contributed by atoms with Crippen LogP contribution in [-0.2, 0) is 11.3 Å². The third kappa shape index (κ3) is 4.85. The molecule has 5 heterocycles. The highest BCUT2D eigenvalue weighted by molar-refractivity contribution is 5.79. The molecule has 8 nitrogen and oxygen atoms in total. The van der Waals surface area contributed by atoms with Crippen molar-refractivity contribution in [2.75, 3.05) is 44.7 Å². The van der Waals surface area contributed by atoms with Gasteiger partial charge in [0.2, 0.25) is 0 Å². The molecule has 4 aliphatic rings. The van der Waals surface area contributed by atoms with Crippen molar-refractivity contribution in [3.05, 3.63) is 64.0 Å². The van der Waals surface area contributed by atoms with Crippen LogP contribution in [0.5, 0.6) is 0 Å². The highest BCUT2D eigenvalue weighted by Crippen LogP contribution is 2.26. The second-order valence-corrected chi connectivity index (χ2v) is 10.9. The van der Waals surface area contributed by atoms with Crippen molar-refractivity contribution < 1.29 is 19.2 Å². The van der Waals surface area contributed by atoms with Crippen LogP contribution >= 0.6 is 0 Å². The topological polar surface area (TPSA) is 76.2 Å². The zero-order valence-electron chi connectivity index (χ0n) is 21.7. The molecule has 0 bridgehead atoms. The SMILES string of the molecule is Cc1ccccc1C1=Cc2ccc(NC3CCN(C(=O)N4CCCC4)CC3)[n+](C3CCOC3)c2C[NH+]1[O-]. The number of hydrogen-bond donors (Lipinski definition) is 2. The lowest BCUT2D eigenvalue weighted by atomic mass is 9.99. The number of carbonyl (C=O) groups is 1. The highest BCUT2D eigenvalue weighted by atomic mass is 16.5. The van der Waals surface area contributed by atoms with E-state index in [1.807, 2.05) is 28.0 Å². The summed E-state index contributed by atoms with van der Waals surface area (Å²) in [6.45, 7) is 7.23. The smallest absolute Gasteiger partial charge is 0.320 e. The van der Waals surface area contributed by atoms with Gasteiger partial charge in [-0.25, -0.2) is 9.36 Å². The first-order chi connectivity index (χ1) is 18.1. The number of hydrogen-bond acceptors (Lipinski definition) is 4. The number of likely N-dealkylation sites (tertiary alicyclic amines) is 2. The lowest BCUT2D eigenvalue weighted by Gasteiger charge is -2.34. The lowest BCUT2D eigenvalue weighted by molar-refractivity contribution is -0.811. The molecule has 1 aromatic carbocycles. The van der Waals surface area contributed by atoms with E-state index in [0.29, 0.717) is 19.2 Å². The summed E-state index contributed by atoms with van der Waals surface area (Å²) >= 11 is 0. The summed E-state index contributed by atoms with van der Waals surface area (Å²) in [7, 11) is 0. The van der Waals surface area contributed by atoms with E-state index in [0.717, 1.165) is 98.8 Å². The average Bonchev–Trinajstić information content (AvgIpc) is 3.64. The first-order valence-corrected chi connectivity index (χ1v) is 13.8. The van der Waals surface area contributed by atoms with Gasteiger partial charge in [0.25, 0.3) is 5.82 Å². The Bertz CT molecular complexity index is 1180. The monoisotopic (exact) mass is 504 g/mol. The maximum absolute atomic E-state index is 13.4. The largest absolute Gasteiger partial charge is 0.628 e. The van der Waals surface area contributed by atoms with Gasteiger partial charge < -0.3 is 24.8 Å². The van der Waals surface area contributed by atoms with Gasteiger partial charge in [0.15, 0.2) is 5.69 Å². The minimum atomic E-state index is 0.167. The second-order valence-electron chi connectivity index (χ2n) is 10.9. The van der Waals surface area contributed by atoms with E-state index in [1.54, 1.807) is 0 Å². The zero-order chi connectivity index (χ0) is 25.4. The predicted octanol–water partition coefficient (Wildman–Crippen LogP) is 2.73. The second kappa shape index (κ2) is 10.4. The van der Waals surface area contributed by atoms with Crippen molar-refractivity contribution in [2.45, 2.75) is 57.7 Å². The maximum Gasteiger partial charge on any atom is 0.320 e. The maximum atomic E-state index is 13.4. The summed E-state index contributed by atoms with van der Waals surface area (Å²) < 4.78 is 8.11. The molecule has 4 aliphatic heterocycles. The summed E-state index contributed by atoms with van der Waals surface area (Å²) in [5.74, 6) is 1.05. The fourth-order valence-corrected chi connectivity index (χ4v) is 6.33. The Labute approximate surface area is 219 Å². The van der Waals surface area contributed by atoms with E-state index >= 15 is 0 Å². The number of quaternary nitrogens is 1. The van der Waals surface area contributed by atoms with Gasteiger partial charge in [-0.1, -0.05) is 18.2 Å². The number of piperidine rings is 1. The van der Waals surface area contributed by atoms with Gasteiger partial charge in [-0.2, -0.15) is 0 Å². The molecule has 2 unspecified atom stereocenters. The van der Waals surface area contributed by atoms with Crippen LogP contribution in [0.4, 0.5) is 10.6 Å². The Morgan fingerprint density at radius 2 is 1.81 bits per heavy atom. The lowest BCUT2D eigenvalue weighted by Crippen LogP contribution is -3.04. The van der Waals surface area contributed by atoms with Crippen molar-refractivity contribution >= 4 is 23.6 Å². The number of amides is 2. The Kier molecular flexibility index (Phi) is 6.88. The zero-order valence-corrected chi connectivity index (χ0v) is 21.7. The fraction of sp³-hybridized carbons (Fsp3) is 0.517.